The number of halogens is 1. The molecule has 1 N–H and O–H groups in total. The fourth-order valence-electron chi connectivity index (χ4n) is 2.08. The molecule has 1 heterocycles. The Morgan fingerprint density at radius 1 is 1.33 bits per heavy atom. The lowest BCUT2D eigenvalue weighted by atomic mass is 9.96. The molecule has 0 aromatic rings. The minimum atomic E-state index is -0.262. The van der Waals surface area contributed by atoms with E-state index in [0.29, 0.717) is 13.1 Å². The summed E-state index contributed by atoms with van der Waals surface area (Å²) < 4.78 is 4.58. The average molecular weight is 279 g/mol. The number of methoxy groups -OCH3 is 1. The molecule has 0 spiro atoms. The maximum atomic E-state index is 12.2. The van der Waals surface area contributed by atoms with Gasteiger partial charge in [-0.1, -0.05) is 0 Å². The number of amides is 1. The van der Waals surface area contributed by atoms with Crippen LogP contribution in [0, 0.1) is 5.92 Å². The van der Waals surface area contributed by atoms with Crippen molar-refractivity contribution in [2.75, 3.05) is 33.3 Å². The molecule has 0 saturated carbocycles. The summed E-state index contributed by atoms with van der Waals surface area (Å²) in [6.45, 7) is 4.87. The number of carbonyl (C=O) groups excluding carboxylic acids is 2. The van der Waals surface area contributed by atoms with Crippen molar-refractivity contribution in [2.24, 2.45) is 5.92 Å². The molecule has 0 atom stereocenters. The third-order valence-electron chi connectivity index (χ3n) is 3.20. The molecule has 1 fully saturated rings. The topological polar surface area (TPSA) is 58.6 Å². The van der Waals surface area contributed by atoms with Crippen LogP contribution in [-0.4, -0.2) is 50.1 Å². The summed E-state index contributed by atoms with van der Waals surface area (Å²) in [5, 5.41) is 3.24. The monoisotopic (exact) mass is 278 g/mol. The van der Waals surface area contributed by atoms with E-state index in [1.807, 2.05) is 6.92 Å². The summed E-state index contributed by atoms with van der Waals surface area (Å²) in [6, 6.07) is 0. The summed E-state index contributed by atoms with van der Waals surface area (Å²) in [7, 11) is 1.37. The summed E-state index contributed by atoms with van der Waals surface area (Å²) in [5.41, 5.74) is 0. The quantitative estimate of drug-likeness (QED) is 0.757. The highest BCUT2D eigenvalue weighted by Gasteiger charge is 2.25. The molecule has 0 aromatic carbocycles. The van der Waals surface area contributed by atoms with E-state index in [1.54, 1.807) is 4.90 Å². The van der Waals surface area contributed by atoms with Crippen LogP contribution in [0.25, 0.3) is 0 Å². The molecule has 5 nitrogen and oxygen atoms in total. The molecule has 0 aliphatic carbocycles. The van der Waals surface area contributed by atoms with Gasteiger partial charge >= 0.3 is 5.97 Å². The smallest absolute Gasteiger partial charge is 0.307 e. The average Bonchev–Trinajstić information content (AvgIpc) is 2.39. The van der Waals surface area contributed by atoms with Crippen LogP contribution in [0.1, 0.15) is 26.2 Å². The molecule has 6 heteroatoms. The normalized spacial score (nSPS) is 15.7. The highest BCUT2D eigenvalue weighted by molar-refractivity contribution is 5.85. The van der Waals surface area contributed by atoms with Gasteiger partial charge in [-0.15, -0.1) is 12.4 Å². The van der Waals surface area contributed by atoms with Crippen molar-refractivity contribution < 1.29 is 14.3 Å². The van der Waals surface area contributed by atoms with E-state index in [4.69, 9.17) is 0 Å². The van der Waals surface area contributed by atoms with Crippen molar-refractivity contribution in [1.82, 2.24) is 10.2 Å². The molecule has 0 radical (unpaired) electrons. The van der Waals surface area contributed by atoms with E-state index in [9.17, 15) is 9.59 Å². The molecule has 0 unspecified atom stereocenters. The van der Waals surface area contributed by atoms with Crippen molar-refractivity contribution in [3.8, 4) is 0 Å². The Labute approximate surface area is 115 Å². The number of hydrogen-bond donors (Lipinski definition) is 1. The van der Waals surface area contributed by atoms with Gasteiger partial charge in [-0.05, 0) is 32.9 Å². The van der Waals surface area contributed by atoms with Crippen molar-refractivity contribution in [2.45, 2.75) is 26.2 Å². The van der Waals surface area contributed by atoms with E-state index in [1.165, 1.54) is 7.11 Å². The van der Waals surface area contributed by atoms with Crippen LogP contribution in [-0.2, 0) is 14.3 Å². The molecule has 1 aliphatic rings. The highest BCUT2D eigenvalue weighted by Crippen LogP contribution is 2.15. The number of nitrogens with one attached hydrogen (secondary N) is 1. The largest absolute Gasteiger partial charge is 0.469 e. The molecule has 1 saturated heterocycles. The first kappa shape index (κ1) is 17.2. The zero-order valence-electron chi connectivity index (χ0n) is 11.1. The van der Waals surface area contributed by atoms with Gasteiger partial charge in [-0.25, -0.2) is 0 Å². The Balaban J connectivity index is 0.00000289. The van der Waals surface area contributed by atoms with Crippen LogP contribution in [0.2, 0.25) is 0 Å². The van der Waals surface area contributed by atoms with E-state index < -0.39 is 0 Å². The molecule has 1 amide bonds. The molecular formula is C12H23ClN2O3. The molecule has 0 aromatic heterocycles. The van der Waals surface area contributed by atoms with Crippen molar-refractivity contribution in [3.63, 3.8) is 0 Å². The molecule has 1 aliphatic heterocycles. The zero-order valence-corrected chi connectivity index (χ0v) is 11.9. The fraction of sp³-hybridized carbons (Fsp3) is 0.833. The third-order valence-corrected chi connectivity index (χ3v) is 3.20. The predicted molar refractivity (Wildman–Crippen MR) is 71.7 cm³/mol. The molecule has 18 heavy (non-hydrogen) atoms. The lowest BCUT2D eigenvalue weighted by Gasteiger charge is -2.28. The van der Waals surface area contributed by atoms with Crippen LogP contribution in [0.15, 0.2) is 0 Å². The predicted octanol–water partition coefficient (Wildman–Crippen LogP) is 0.819. The first-order valence-electron chi connectivity index (χ1n) is 6.25. The van der Waals surface area contributed by atoms with Crippen LogP contribution in [0.3, 0.4) is 0 Å². The number of nitrogens with zero attached hydrogens (tertiary/aromatic N) is 1. The molecular weight excluding hydrogens is 256 g/mol. The maximum absolute atomic E-state index is 12.2. The van der Waals surface area contributed by atoms with Gasteiger partial charge < -0.3 is 15.0 Å². The van der Waals surface area contributed by atoms with Crippen LogP contribution < -0.4 is 5.32 Å². The van der Waals surface area contributed by atoms with Gasteiger partial charge in [0.25, 0.3) is 0 Å². The molecule has 1 rings (SSSR count). The van der Waals surface area contributed by atoms with E-state index in [2.05, 4.69) is 10.1 Å². The standard InChI is InChI=1S/C12H22N2O3.ClH/c1-3-14(9-6-11(15)17-2)12(16)10-4-7-13-8-5-10;/h10,13H,3-9H2,1-2H3;1H. The summed E-state index contributed by atoms with van der Waals surface area (Å²) >= 11 is 0. The number of carbonyl (C=O) groups is 2. The Bertz CT molecular complexity index is 268. The second-order valence-corrected chi connectivity index (χ2v) is 4.27. The Hall–Kier alpha value is -0.810. The minimum Gasteiger partial charge on any atom is -0.469 e. The fourth-order valence-corrected chi connectivity index (χ4v) is 2.08. The van der Waals surface area contributed by atoms with Crippen molar-refractivity contribution in [1.29, 1.82) is 0 Å². The molecule has 106 valence electrons. The van der Waals surface area contributed by atoms with Gasteiger partial charge in [-0.2, -0.15) is 0 Å². The summed E-state index contributed by atoms with van der Waals surface area (Å²) in [5.74, 6) is 0.0355. The number of esters is 1. The highest BCUT2D eigenvalue weighted by atomic mass is 35.5. The lowest BCUT2D eigenvalue weighted by molar-refractivity contribution is -0.142. The van der Waals surface area contributed by atoms with E-state index >= 15 is 0 Å². The second kappa shape index (κ2) is 9.16. The van der Waals surface area contributed by atoms with E-state index in [-0.39, 0.29) is 36.6 Å². The number of hydrogen-bond acceptors (Lipinski definition) is 4. The Morgan fingerprint density at radius 2 is 1.94 bits per heavy atom. The van der Waals surface area contributed by atoms with Crippen LogP contribution >= 0.6 is 12.4 Å². The van der Waals surface area contributed by atoms with Gasteiger partial charge in [0.1, 0.15) is 0 Å². The number of ether oxygens (including phenoxy) is 1. The Morgan fingerprint density at radius 3 is 2.44 bits per heavy atom. The first-order chi connectivity index (χ1) is 8.19. The van der Waals surface area contributed by atoms with Gasteiger partial charge in [-0.3, -0.25) is 9.59 Å². The van der Waals surface area contributed by atoms with Gasteiger partial charge in [0.15, 0.2) is 0 Å². The SMILES string of the molecule is CCN(CCC(=O)OC)C(=O)C1CCNCC1.Cl. The van der Waals surface area contributed by atoms with Gasteiger partial charge in [0.05, 0.1) is 13.5 Å². The summed E-state index contributed by atoms with van der Waals surface area (Å²) in [4.78, 5) is 25.0. The van der Waals surface area contributed by atoms with Gasteiger partial charge in [0.2, 0.25) is 5.91 Å². The Kier molecular flexibility index (Phi) is 8.75. The van der Waals surface area contributed by atoms with Crippen molar-refractivity contribution >= 4 is 24.3 Å². The third kappa shape index (κ3) is 5.23. The van der Waals surface area contributed by atoms with Crippen LogP contribution in [0.4, 0.5) is 0 Å². The molecule has 0 bridgehead atoms. The summed E-state index contributed by atoms with van der Waals surface area (Å²) in [6.07, 6.45) is 2.07. The van der Waals surface area contributed by atoms with Crippen molar-refractivity contribution in [3.05, 3.63) is 0 Å². The number of piperidine rings is 1. The van der Waals surface area contributed by atoms with Gasteiger partial charge in [0, 0.05) is 19.0 Å². The van der Waals surface area contributed by atoms with Crippen LogP contribution in [0.5, 0.6) is 0 Å². The first-order valence-corrected chi connectivity index (χ1v) is 6.25. The minimum absolute atomic E-state index is 0. The number of rotatable bonds is 5. The lowest BCUT2D eigenvalue weighted by Crippen LogP contribution is -2.41. The second-order valence-electron chi connectivity index (χ2n) is 4.27. The zero-order chi connectivity index (χ0) is 12.7. The maximum Gasteiger partial charge on any atom is 0.307 e. The van der Waals surface area contributed by atoms with E-state index in [0.717, 1.165) is 25.9 Å².